The van der Waals surface area contributed by atoms with Gasteiger partial charge in [0.05, 0.1) is 4.92 Å². The number of aryl methyl sites for hydroxylation is 2. The molecule has 0 radical (unpaired) electrons. The number of anilines is 1. The lowest BCUT2D eigenvalue weighted by Gasteiger charge is -2.11. The van der Waals surface area contributed by atoms with Gasteiger partial charge >= 0.3 is 12.1 Å². The molecule has 0 unspecified atom stereocenters. The second-order valence-corrected chi connectivity index (χ2v) is 3.68. The zero-order valence-electron chi connectivity index (χ0n) is 9.46. The Hall–Kier alpha value is -2.12. The summed E-state index contributed by atoms with van der Waals surface area (Å²) in [6.45, 7) is 2.95. The first-order chi connectivity index (χ1) is 8.12. The van der Waals surface area contributed by atoms with E-state index in [0.29, 0.717) is 5.56 Å². The van der Waals surface area contributed by atoms with Crippen LogP contribution in [0.4, 0.5) is 24.5 Å². The van der Waals surface area contributed by atoms with Gasteiger partial charge in [-0.3, -0.25) is 14.9 Å². The first kappa shape index (κ1) is 13.9. The van der Waals surface area contributed by atoms with Crippen LogP contribution in [-0.4, -0.2) is 17.0 Å². The van der Waals surface area contributed by atoms with E-state index >= 15 is 0 Å². The summed E-state index contributed by atoms with van der Waals surface area (Å²) >= 11 is 0. The van der Waals surface area contributed by atoms with Crippen molar-refractivity contribution in [2.75, 3.05) is 5.32 Å². The summed E-state index contributed by atoms with van der Waals surface area (Å²) < 4.78 is 36.3. The van der Waals surface area contributed by atoms with Gasteiger partial charge in [-0.05, 0) is 25.0 Å². The Labute approximate surface area is 99.8 Å². The number of carbonyl (C=O) groups is 1. The SMILES string of the molecule is Cc1cc(C)c(NC(=O)C(F)(F)F)c([N+](=O)[O-])c1. The lowest BCUT2D eigenvalue weighted by atomic mass is 10.1. The van der Waals surface area contributed by atoms with Crippen molar-refractivity contribution in [2.45, 2.75) is 20.0 Å². The van der Waals surface area contributed by atoms with Gasteiger partial charge in [-0.25, -0.2) is 0 Å². The summed E-state index contributed by atoms with van der Waals surface area (Å²) in [5.41, 5.74) is -0.290. The third-order valence-electron chi connectivity index (χ3n) is 2.15. The lowest BCUT2D eigenvalue weighted by Crippen LogP contribution is -2.30. The molecular weight excluding hydrogens is 253 g/mol. The Morgan fingerprint density at radius 3 is 2.33 bits per heavy atom. The Morgan fingerprint density at radius 2 is 1.89 bits per heavy atom. The van der Waals surface area contributed by atoms with Crippen molar-refractivity contribution in [3.05, 3.63) is 33.4 Å². The molecule has 1 amide bonds. The summed E-state index contributed by atoms with van der Waals surface area (Å²) in [6, 6.07) is 2.54. The van der Waals surface area contributed by atoms with Gasteiger partial charge < -0.3 is 5.32 Å². The zero-order valence-corrected chi connectivity index (χ0v) is 9.46. The largest absolute Gasteiger partial charge is 0.471 e. The monoisotopic (exact) mass is 262 g/mol. The van der Waals surface area contributed by atoms with E-state index < -0.39 is 28.4 Å². The normalized spacial score (nSPS) is 11.2. The van der Waals surface area contributed by atoms with Crippen LogP contribution in [0.3, 0.4) is 0 Å². The van der Waals surface area contributed by atoms with Crippen LogP contribution < -0.4 is 5.32 Å². The molecule has 0 saturated heterocycles. The van der Waals surface area contributed by atoms with E-state index in [1.165, 1.54) is 18.3 Å². The van der Waals surface area contributed by atoms with E-state index in [2.05, 4.69) is 0 Å². The van der Waals surface area contributed by atoms with Crippen LogP contribution in [0.2, 0.25) is 0 Å². The first-order valence-corrected chi connectivity index (χ1v) is 4.76. The molecule has 1 aromatic carbocycles. The van der Waals surface area contributed by atoms with E-state index in [0.717, 1.165) is 6.07 Å². The Balaban J connectivity index is 3.24. The number of amides is 1. The summed E-state index contributed by atoms with van der Waals surface area (Å²) in [5.74, 6) is -2.24. The number of nitro groups is 1. The van der Waals surface area contributed by atoms with E-state index in [1.807, 2.05) is 0 Å². The first-order valence-electron chi connectivity index (χ1n) is 4.76. The molecule has 98 valence electrons. The van der Waals surface area contributed by atoms with Crippen molar-refractivity contribution >= 4 is 17.3 Å². The van der Waals surface area contributed by atoms with E-state index in [1.54, 1.807) is 6.92 Å². The molecule has 0 aliphatic heterocycles. The Kier molecular flexibility index (Phi) is 3.59. The molecule has 0 spiro atoms. The average Bonchev–Trinajstić information content (AvgIpc) is 2.19. The molecular formula is C10H9F3N2O3. The highest BCUT2D eigenvalue weighted by Gasteiger charge is 2.40. The fraction of sp³-hybridized carbons (Fsp3) is 0.300. The molecule has 0 saturated carbocycles. The number of carbonyl (C=O) groups excluding carboxylic acids is 1. The molecule has 0 heterocycles. The lowest BCUT2D eigenvalue weighted by molar-refractivity contribution is -0.384. The van der Waals surface area contributed by atoms with Crippen molar-refractivity contribution in [1.29, 1.82) is 0 Å². The number of halogens is 3. The number of benzene rings is 1. The Morgan fingerprint density at radius 1 is 1.33 bits per heavy atom. The predicted octanol–water partition coefficient (Wildman–Crippen LogP) is 2.71. The molecule has 1 aromatic rings. The number of hydrogen-bond donors (Lipinski definition) is 1. The molecule has 0 aliphatic carbocycles. The van der Waals surface area contributed by atoms with Gasteiger partial charge in [0, 0.05) is 6.07 Å². The summed E-state index contributed by atoms with van der Waals surface area (Å²) in [6.07, 6.45) is -5.09. The number of nitrogens with one attached hydrogen (secondary N) is 1. The van der Waals surface area contributed by atoms with Crippen LogP contribution in [0.5, 0.6) is 0 Å². The molecule has 0 bridgehead atoms. The molecule has 8 heteroatoms. The summed E-state index contributed by atoms with van der Waals surface area (Å²) in [5, 5.41) is 12.3. The molecule has 5 nitrogen and oxygen atoms in total. The van der Waals surface area contributed by atoms with Gasteiger partial charge in [0.2, 0.25) is 0 Å². The minimum Gasteiger partial charge on any atom is -0.312 e. The summed E-state index contributed by atoms with van der Waals surface area (Å²) in [4.78, 5) is 20.7. The molecule has 0 atom stereocenters. The molecule has 0 aromatic heterocycles. The van der Waals surface area contributed by atoms with Crippen LogP contribution in [0.25, 0.3) is 0 Å². The van der Waals surface area contributed by atoms with Gasteiger partial charge in [-0.15, -0.1) is 0 Å². The third-order valence-corrected chi connectivity index (χ3v) is 2.15. The minimum absolute atomic E-state index is 0.194. The molecule has 1 rings (SSSR count). The maximum atomic E-state index is 12.1. The highest BCUT2D eigenvalue weighted by Crippen LogP contribution is 2.31. The van der Waals surface area contributed by atoms with Crippen LogP contribution in [0, 0.1) is 24.0 Å². The topological polar surface area (TPSA) is 72.2 Å². The van der Waals surface area contributed by atoms with Crippen molar-refractivity contribution in [2.24, 2.45) is 0 Å². The Bertz CT molecular complexity index is 512. The van der Waals surface area contributed by atoms with Gasteiger partial charge in [0.15, 0.2) is 0 Å². The maximum Gasteiger partial charge on any atom is 0.471 e. The standard InChI is InChI=1S/C10H9F3N2O3/c1-5-3-6(2)8(7(4-5)15(17)18)14-9(16)10(11,12)13/h3-4H,1-2H3,(H,14,16). The summed E-state index contributed by atoms with van der Waals surface area (Å²) in [7, 11) is 0. The second kappa shape index (κ2) is 4.63. The maximum absolute atomic E-state index is 12.1. The van der Waals surface area contributed by atoms with Crippen LogP contribution >= 0.6 is 0 Å². The van der Waals surface area contributed by atoms with Gasteiger partial charge in [0.1, 0.15) is 5.69 Å². The van der Waals surface area contributed by atoms with Gasteiger partial charge in [-0.1, -0.05) is 6.07 Å². The van der Waals surface area contributed by atoms with Crippen LogP contribution in [-0.2, 0) is 4.79 Å². The molecule has 0 aliphatic rings. The molecule has 0 fully saturated rings. The number of nitrogens with zero attached hydrogens (tertiary/aromatic N) is 1. The highest BCUT2D eigenvalue weighted by atomic mass is 19.4. The molecule has 18 heavy (non-hydrogen) atoms. The smallest absolute Gasteiger partial charge is 0.312 e. The second-order valence-electron chi connectivity index (χ2n) is 3.68. The van der Waals surface area contributed by atoms with E-state index in [-0.39, 0.29) is 5.56 Å². The van der Waals surface area contributed by atoms with Crippen molar-refractivity contribution in [1.82, 2.24) is 0 Å². The fourth-order valence-corrected chi connectivity index (χ4v) is 1.44. The quantitative estimate of drug-likeness (QED) is 0.657. The predicted molar refractivity (Wildman–Crippen MR) is 57.3 cm³/mol. The third kappa shape index (κ3) is 2.96. The van der Waals surface area contributed by atoms with E-state index in [4.69, 9.17) is 0 Å². The zero-order chi connectivity index (χ0) is 14.1. The number of hydrogen-bond acceptors (Lipinski definition) is 3. The number of alkyl halides is 3. The number of rotatable bonds is 2. The van der Waals surface area contributed by atoms with Gasteiger partial charge in [-0.2, -0.15) is 13.2 Å². The van der Waals surface area contributed by atoms with Crippen molar-refractivity contribution < 1.29 is 22.9 Å². The van der Waals surface area contributed by atoms with Crippen LogP contribution in [0.1, 0.15) is 11.1 Å². The average molecular weight is 262 g/mol. The van der Waals surface area contributed by atoms with Crippen molar-refractivity contribution in [3.8, 4) is 0 Å². The number of nitro benzene ring substituents is 1. The fourth-order valence-electron chi connectivity index (χ4n) is 1.44. The van der Waals surface area contributed by atoms with Crippen LogP contribution in [0.15, 0.2) is 12.1 Å². The van der Waals surface area contributed by atoms with Gasteiger partial charge in [0.25, 0.3) is 5.69 Å². The van der Waals surface area contributed by atoms with Crippen molar-refractivity contribution in [3.63, 3.8) is 0 Å². The van der Waals surface area contributed by atoms with E-state index in [9.17, 15) is 28.1 Å². The minimum atomic E-state index is -5.09. The molecule has 1 N–H and O–H groups in total. The highest BCUT2D eigenvalue weighted by molar-refractivity contribution is 5.97.